The number of carbonyl (C=O) groups excluding carboxylic acids is 1. The SMILES string of the molecule is CC[C@@H](Nc1c(Nc2cccc(C(=O)N(C)C)c2O)c(=O)[nH][nH]c1=O)c1cccs1. The molecule has 1 amide bonds. The standard InChI is InChI=1S/C20H23N5O4S/c1-4-12(14-9-6-10-30-14)21-15-16(19(28)24-23-18(15)27)22-13-8-5-7-11(17(13)26)20(29)25(2)3/h5-10,12,26H,4H2,1-3H3,(H2,21,24,28)(H2,22,23,27)/t12-/m1/s1. The number of nitrogens with zero attached hydrogens (tertiary/aromatic N) is 1. The molecule has 1 atom stereocenters. The number of aromatic hydroxyl groups is 1. The third kappa shape index (κ3) is 4.23. The largest absolute Gasteiger partial charge is 0.505 e. The van der Waals surface area contributed by atoms with Gasteiger partial charge in [0.2, 0.25) is 0 Å². The molecular formula is C20H23N5O4S. The third-order valence-electron chi connectivity index (χ3n) is 4.54. The molecule has 0 aliphatic carbocycles. The normalized spacial score (nSPS) is 11.7. The fourth-order valence-electron chi connectivity index (χ4n) is 2.95. The van der Waals surface area contributed by atoms with Crippen LogP contribution < -0.4 is 21.8 Å². The summed E-state index contributed by atoms with van der Waals surface area (Å²) < 4.78 is 0. The lowest BCUT2D eigenvalue weighted by Crippen LogP contribution is -2.27. The van der Waals surface area contributed by atoms with Crippen LogP contribution in [0.25, 0.3) is 0 Å². The van der Waals surface area contributed by atoms with E-state index in [9.17, 15) is 19.5 Å². The second kappa shape index (κ2) is 8.87. The first kappa shape index (κ1) is 21.2. The number of rotatable bonds is 7. The van der Waals surface area contributed by atoms with Gasteiger partial charge in [-0.2, -0.15) is 0 Å². The van der Waals surface area contributed by atoms with Gasteiger partial charge in [0.05, 0.1) is 17.3 Å². The highest BCUT2D eigenvalue weighted by Crippen LogP contribution is 2.32. The molecule has 0 saturated heterocycles. The zero-order valence-electron chi connectivity index (χ0n) is 16.8. The molecule has 2 heterocycles. The molecule has 0 aliphatic rings. The first-order valence-corrected chi connectivity index (χ1v) is 10.2. The molecule has 10 heteroatoms. The van der Waals surface area contributed by atoms with Crippen molar-refractivity contribution in [2.75, 3.05) is 24.7 Å². The number of carbonyl (C=O) groups is 1. The number of phenols is 1. The van der Waals surface area contributed by atoms with E-state index in [0.717, 1.165) is 4.88 Å². The van der Waals surface area contributed by atoms with Crippen molar-refractivity contribution < 1.29 is 9.90 Å². The van der Waals surface area contributed by atoms with Crippen LogP contribution in [-0.4, -0.2) is 40.2 Å². The number of nitrogens with one attached hydrogen (secondary N) is 4. The number of thiophene rings is 1. The summed E-state index contributed by atoms with van der Waals surface area (Å²) in [6.45, 7) is 1.97. The van der Waals surface area contributed by atoms with E-state index < -0.39 is 17.0 Å². The fraction of sp³-hybridized carbons (Fsp3) is 0.250. The molecule has 0 aliphatic heterocycles. The van der Waals surface area contributed by atoms with Gasteiger partial charge in [-0.05, 0) is 30.0 Å². The molecule has 30 heavy (non-hydrogen) atoms. The first-order chi connectivity index (χ1) is 14.3. The fourth-order valence-corrected chi connectivity index (χ4v) is 3.81. The molecular weight excluding hydrogens is 406 g/mol. The molecule has 0 saturated carbocycles. The lowest BCUT2D eigenvalue weighted by molar-refractivity contribution is 0.0824. The minimum atomic E-state index is -0.582. The number of anilines is 3. The van der Waals surface area contributed by atoms with Gasteiger partial charge in [0, 0.05) is 19.0 Å². The monoisotopic (exact) mass is 429 g/mol. The van der Waals surface area contributed by atoms with Gasteiger partial charge in [-0.15, -0.1) is 11.3 Å². The van der Waals surface area contributed by atoms with Gasteiger partial charge in [-0.25, -0.2) is 0 Å². The van der Waals surface area contributed by atoms with Crippen LogP contribution in [0.4, 0.5) is 17.1 Å². The van der Waals surface area contributed by atoms with Crippen molar-refractivity contribution in [1.29, 1.82) is 0 Å². The molecule has 2 aromatic heterocycles. The van der Waals surface area contributed by atoms with Crippen LogP contribution >= 0.6 is 11.3 Å². The van der Waals surface area contributed by atoms with Gasteiger partial charge in [0.1, 0.15) is 11.4 Å². The van der Waals surface area contributed by atoms with E-state index >= 15 is 0 Å². The second-order valence-electron chi connectivity index (χ2n) is 6.81. The molecule has 5 N–H and O–H groups in total. The van der Waals surface area contributed by atoms with Crippen molar-refractivity contribution in [3.05, 3.63) is 66.9 Å². The molecule has 3 rings (SSSR count). The summed E-state index contributed by atoms with van der Waals surface area (Å²) in [5, 5.41) is 23.0. The van der Waals surface area contributed by atoms with Crippen LogP contribution in [0.15, 0.2) is 45.3 Å². The van der Waals surface area contributed by atoms with E-state index in [-0.39, 0.29) is 34.4 Å². The summed E-state index contributed by atoms with van der Waals surface area (Å²) in [4.78, 5) is 39.6. The van der Waals surface area contributed by atoms with Crippen LogP contribution in [0.1, 0.15) is 34.6 Å². The van der Waals surface area contributed by atoms with E-state index in [1.165, 1.54) is 17.0 Å². The Balaban J connectivity index is 2.03. The Hall–Kier alpha value is -3.53. The number of amides is 1. The number of H-pyrrole nitrogens is 2. The number of hydrogen-bond donors (Lipinski definition) is 5. The van der Waals surface area contributed by atoms with Gasteiger partial charge in [0.25, 0.3) is 17.0 Å². The Morgan fingerprint density at radius 2 is 1.83 bits per heavy atom. The lowest BCUT2D eigenvalue weighted by atomic mass is 10.1. The van der Waals surface area contributed by atoms with Gasteiger partial charge < -0.3 is 20.6 Å². The molecule has 0 radical (unpaired) electrons. The molecule has 158 valence electrons. The minimum Gasteiger partial charge on any atom is -0.505 e. The summed E-state index contributed by atoms with van der Waals surface area (Å²) in [5.74, 6) is -0.704. The van der Waals surface area contributed by atoms with E-state index in [2.05, 4.69) is 20.8 Å². The summed E-state index contributed by atoms with van der Waals surface area (Å²) in [6.07, 6.45) is 0.685. The van der Waals surface area contributed by atoms with Gasteiger partial charge in [-0.1, -0.05) is 19.1 Å². The average molecular weight is 430 g/mol. The Morgan fingerprint density at radius 1 is 1.13 bits per heavy atom. The predicted molar refractivity (Wildman–Crippen MR) is 118 cm³/mol. The van der Waals surface area contributed by atoms with E-state index in [1.54, 1.807) is 31.5 Å². The Bertz CT molecular complexity index is 1150. The smallest absolute Gasteiger partial charge is 0.288 e. The van der Waals surface area contributed by atoms with Crippen LogP contribution in [0.3, 0.4) is 0 Å². The molecule has 0 bridgehead atoms. The number of aromatic amines is 2. The molecule has 0 fully saturated rings. The van der Waals surface area contributed by atoms with Gasteiger partial charge >= 0.3 is 0 Å². The second-order valence-corrected chi connectivity index (χ2v) is 7.78. The lowest BCUT2D eigenvalue weighted by Gasteiger charge is -2.19. The van der Waals surface area contributed by atoms with Gasteiger partial charge in [0.15, 0.2) is 5.75 Å². The van der Waals surface area contributed by atoms with Crippen molar-refractivity contribution in [3.8, 4) is 5.75 Å². The van der Waals surface area contributed by atoms with E-state index in [1.807, 2.05) is 24.4 Å². The predicted octanol–water partition coefficient (Wildman–Crippen LogP) is 2.84. The van der Waals surface area contributed by atoms with Crippen molar-refractivity contribution in [2.24, 2.45) is 0 Å². The highest BCUT2D eigenvalue weighted by Gasteiger charge is 2.21. The van der Waals surface area contributed by atoms with Gasteiger partial charge in [-0.3, -0.25) is 24.6 Å². The molecule has 1 aromatic carbocycles. The number of aromatic nitrogens is 2. The molecule has 0 unspecified atom stereocenters. The number of para-hydroxylation sites is 1. The Labute approximate surface area is 176 Å². The maximum atomic E-state index is 12.5. The maximum Gasteiger partial charge on any atom is 0.288 e. The number of hydrogen-bond acceptors (Lipinski definition) is 7. The van der Waals surface area contributed by atoms with Crippen molar-refractivity contribution >= 4 is 34.3 Å². The summed E-state index contributed by atoms with van der Waals surface area (Å²) in [5.41, 5.74) is -0.910. The molecule has 0 spiro atoms. The zero-order chi connectivity index (χ0) is 21.8. The van der Waals surface area contributed by atoms with Crippen LogP contribution in [-0.2, 0) is 0 Å². The highest BCUT2D eigenvalue weighted by atomic mass is 32.1. The van der Waals surface area contributed by atoms with Crippen LogP contribution in [0, 0.1) is 0 Å². The maximum absolute atomic E-state index is 12.5. The summed E-state index contributed by atoms with van der Waals surface area (Å²) in [6, 6.07) is 8.26. The quantitative estimate of drug-likeness (QED) is 0.367. The average Bonchev–Trinajstić information content (AvgIpc) is 3.25. The third-order valence-corrected chi connectivity index (χ3v) is 5.53. The van der Waals surface area contributed by atoms with Crippen molar-refractivity contribution in [3.63, 3.8) is 0 Å². The Morgan fingerprint density at radius 3 is 2.43 bits per heavy atom. The van der Waals surface area contributed by atoms with Crippen LogP contribution in [0.5, 0.6) is 5.75 Å². The van der Waals surface area contributed by atoms with Crippen molar-refractivity contribution in [2.45, 2.75) is 19.4 Å². The number of phenolic OH excluding ortho intramolecular Hbond substituents is 1. The highest BCUT2D eigenvalue weighted by molar-refractivity contribution is 7.10. The van der Waals surface area contributed by atoms with Crippen LogP contribution in [0.2, 0.25) is 0 Å². The topological polar surface area (TPSA) is 130 Å². The van der Waals surface area contributed by atoms with Crippen molar-refractivity contribution in [1.82, 2.24) is 15.1 Å². The molecule has 3 aromatic rings. The minimum absolute atomic E-state index is 0.0442. The zero-order valence-corrected chi connectivity index (χ0v) is 17.6. The first-order valence-electron chi connectivity index (χ1n) is 9.29. The number of benzene rings is 1. The summed E-state index contributed by atoms with van der Waals surface area (Å²) >= 11 is 1.54. The molecule has 9 nitrogen and oxygen atoms in total. The Kier molecular flexibility index (Phi) is 6.26. The van der Waals surface area contributed by atoms with E-state index in [4.69, 9.17) is 0 Å². The van der Waals surface area contributed by atoms with E-state index in [0.29, 0.717) is 6.42 Å². The summed E-state index contributed by atoms with van der Waals surface area (Å²) in [7, 11) is 3.14.